The van der Waals surface area contributed by atoms with Crippen LogP contribution in [-0.4, -0.2) is 20.3 Å². The van der Waals surface area contributed by atoms with E-state index in [0.29, 0.717) is 5.56 Å². The van der Waals surface area contributed by atoms with Gasteiger partial charge >= 0.3 is 0 Å². The molecule has 2 aromatic heterocycles. The molecule has 1 unspecified atom stereocenters. The Bertz CT molecular complexity index is 806. The molecule has 3 aromatic rings. The SMILES string of the molecule is CC(NC(=O)c1cnn(C)c1-n1cccc1)c1ccc(Br)cc1. The fourth-order valence-electron chi connectivity index (χ4n) is 2.48. The lowest BCUT2D eigenvalue weighted by Gasteiger charge is -2.15. The largest absolute Gasteiger partial charge is 0.345 e. The van der Waals surface area contributed by atoms with Gasteiger partial charge < -0.3 is 9.88 Å². The molecular weight excluding hydrogens is 356 g/mol. The predicted molar refractivity (Wildman–Crippen MR) is 92.6 cm³/mol. The minimum absolute atomic E-state index is 0.0895. The number of aryl methyl sites for hydroxylation is 1. The summed E-state index contributed by atoms with van der Waals surface area (Å²) in [5, 5.41) is 7.24. The zero-order valence-corrected chi connectivity index (χ0v) is 14.5. The number of carbonyl (C=O) groups excluding carboxylic acids is 1. The van der Waals surface area contributed by atoms with Crippen molar-refractivity contribution in [3.8, 4) is 5.82 Å². The van der Waals surface area contributed by atoms with Gasteiger partial charge in [-0.2, -0.15) is 5.10 Å². The average Bonchev–Trinajstić information content (AvgIpc) is 3.16. The Morgan fingerprint density at radius 2 is 1.87 bits per heavy atom. The minimum atomic E-state index is -0.141. The van der Waals surface area contributed by atoms with Crippen molar-refractivity contribution in [2.45, 2.75) is 13.0 Å². The maximum Gasteiger partial charge on any atom is 0.257 e. The number of nitrogens with zero attached hydrogens (tertiary/aromatic N) is 3. The third-order valence-corrected chi connectivity index (χ3v) is 4.25. The van der Waals surface area contributed by atoms with Crippen molar-refractivity contribution in [2.75, 3.05) is 0 Å². The molecule has 1 atom stereocenters. The van der Waals surface area contributed by atoms with Gasteiger partial charge in [0.2, 0.25) is 0 Å². The van der Waals surface area contributed by atoms with Gasteiger partial charge in [-0.1, -0.05) is 28.1 Å². The lowest BCUT2D eigenvalue weighted by atomic mass is 10.1. The Kier molecular flexibility index (Phi) is 4.34. The number of benzene rings is 1. The molecule has 0 bridgehead atoms. The summed E-state index contributed by atoms with van der Waals surface area (Å²) in [7, 11) is 1.82. The number of hydrogen-bond acceptors (Lipinski definition) is 2. The van der Waals surface area contributed by atoms with E-state index < -0.39 is 0 Å². The van der Waals surface area contributed by atoms with E-state index in [1.807, 2.05) is 67.3 Å². The predicted octanol–water partition coefficient (Wildman–Crippen LogP) is 3.46. The Hall–Kier alpha value is -2.34. The highest BCUT2D eigenvalue weighted by atomic mass is 79.9. The number of halogens is 1. The first kappa shape index (κ1) is 15.6. The average molecular weight is 373 g/mol. The normalized spacial score (nSPS) is 12.1. The van der Waals surface area contributed by atoms with Crippen molar-refractivity contribution < 1.29 is 4.79 Å². The first-order valence-corrected chi connectivity index (χ1v) is 8.07. The molecule has 1 N–H and O–H groups in total. The maximum atomic E-state index is 12.6. The summed E-state index contributed by atoms with van der Waals surface area (Å²) in [6.45, 7) is 1.97. The van der Waals surface area contributed by atoms with Crippen LogP contribution in [0.1, 0.15) is 28.9 Å². The number of carbonyl (C=O) groups is 1. The third-order valence-electron chi connectivity index (χ3n) is 3.72. The fraction of sp³-hybridized carbons (Fsp3) is 0.176. The second-order valence-electron chi connectivity index (χ2n) is 5.34. The van der Waals surface area contributed by atoms with Crippen LogP contribution in [0.15, 0.2) is 59.5 Å². The highest BCUT2D eigenvalue weighted by molar-refractivity contribution is 9.10. The Morgan fingerprint density at radius 3 is 2.52 bits per heavy atom. The molecular formula is C17H17BrN4O. The molecule has 6 heteroatoms. The molecule has 0 spiro atoms. The second kappa shape index (κ2) is 6.42. The number of hydrogen-bond donors (Lipinski definition) is 1. The van der Waals surface area contributed by atoms with Crippen LogP contribution >= 0.6 is 15.9 Å². The Balaban J connectivity index is 1.83. The molecule has 0 aliphatic carbocycles. The Labute approximate surface area is 143 Å². The summed E-state index contributed by atoms with van der Waals surface area (Å²) >= 11 is 3.42. The van der Waals surface area contributed by atoms with E-state index in [0.717, 1.165) is 15.9 Å². The summed E-state index contributed by atoms with van der Waals surface area (Å²) in [5.74, 6) is 0.604. The second-order valence-corrected chi connectivity index (χ2v) is 6.26. The molecule has 0 aliphatic heterocycles. The van der Waals surface area contributed by atoms with Gasteiger partial charge in [0.05, 0.1) is 12.2 Å². The summed E-state index contributed by atoms with van der Waals surface area (Å²) in [4.78, 5) is 12.6. The van der Waals surface area contributed by atoms with E-state index in [1.165, 1.54) is 0 Å². The van der Waals surface area contributed by atoms with E-state index in [1.54, 1.807) is 10.9 Å². The summed E-state index contributed by atoms with van der Waals surface area (Å²) in [6.07, 6.45) is 5.39. The van der Waals surface area contributed by atoms with Gasteiger partial charge in [-0.15, -0.1) is 0 Å². The van der Waals surface area contributed by atoms with E-state index >= 15 is 0 Å². The van der Waals surface area contributed by atoms with Crippen LogP contribution in [0.2, 0.25) is 0 Å². The van der Waals surface area contributed by atoms with Crippen LogP contribution < -0.4 is 5.32 Å². The van der Waals surface area contributed by atoms with Crippen LogP contribution in [0, 0.1) is 0 Å². The quantitative estimate of drug-likeness (QED) is 0.762. The molecule has 118 valence electrons. The fourth-order valence-corrected chi connectivity index (χ4v) is 2.75. The van der Waals surface area contributed by atoms with Gasteiger partial charge in [-0.3, -0.25) is 9.48 Å². The molecule has 0 saturated carbocycles. The molecule has 0 radical (unpaired) electrons. The lowest BCUT2D eigenvalue weighted by Crippen LogP contribution is -2.27. The number of rotatable bonds is 4. The highest BCUT2D eigenvalue weighted by Gasteiger charge is 2.19. The van der Waals surface area contributed by atoms with Gasteiger partial charge in [0.25, 0.3) is 5.91 Å². The van der Waals surface area contributed by atoms with E-state index in [4.69, 9.17) is 0 Å². The molecule has 0 fully saturated rings. The summed E-state index contributed by atoms with van der Waals surface area (Å²) < 4.78 is 4.59. The maximum absolute atomic E-state index is 12.6. The third kappa shape index (κ3) is 3.22. The molecule has 5 nitrogen and oxygen atoms in total. The molecule has 1 aromatic carbocycles. The smallest absolute Gasteiger partial charge is 0.257 e. The summed E-state index contributed by atoms with van der Waals surface area (Å²) in [6, 6.07) is 11.7. The molecule has 1 amide bonds. The van der Waals surface area contributed by atoms with Crippen LogP contribution in [0.25, 0.3) is 5.82 Å². The molecule has 23 heavy (non-hydrogen) atoms. The molecule has 0 aliphatic rings. The molecule has 3 rings (SSSR count). The van der Waals surface area contributed by atoms with Crippen molar-refractivity contribution in [3.05, 3.63) is 70.6 Å². The van der Waals surface area contributed by atoms with Crippen molar-refractivity contribution in [2.24, 2.45) is 7.05 Å². The van der Waals surface area contributed by atoms with Crippen LogP contribution in [0.4, 0.5) is 0 Å². The van der Waals surface area contributed by atoms with E-state index in [2.05, 4.69) is 26.3 Å². The number of aromatic nitrogens is 3. The summed E-state index contributed by atoms with van der Waals surface area (Å²) in [5.41, 5.74) is 1.60. The van der Waals surface area contributed by atoms with Crippen LogP contribution in [-0.2, 0) is 7.05 Å². The topological polar surface area (TPSA) is 51.9 Å². The molecule has 0 saturated heterocycles. The van der Waals surface area contributed by atoms with Gasteiger partial charge in [0.1, 0.15) is 11.4 Å². The first-order valence-electron chi connectivity index (χ1n) is 7.28. The van der Waals surface area contributed by atoms with E-state index in [-0.39, 0.29) is 11.9 Å². The first-order chi connectivity index (χ1) is 11.1. The standard InChI is InChI=1S/C17H17BrN4O/c1-12(13-5-7-14(18)8-6-13)20-16(23)15-11-19-21(2)17(15)22-9-3-4-10-22/h3-12H,1-2H3,(H,20,23). The van der Waals surface area contributed by atoms with Crippen LogP contribution in [0.3, 0.4) is 0 Å². The highest BCUT2D eigenvalue weighted by Crippen LogP contribution is 2.19. The van der Waals surface area contributed by atoms with Gasteiger partial charge in [-0.25, -0.2) is 0 Å². The Morgan fingerprint density at radius 1 is 1.22 bits per heavy atom. The van der Waals surface area contributed by atoms with Crippen molar-refractivity contribution in [1.29, 1.82) is 0 Å². The van der Waals surface area contributed by atoms with Gasteiger partial charge in [-0.05, 0) is 36.8 Å². The zero-order valence-electron chi connectivity index (χ0n) is 12.9. The minimum Gasteiger partial charge on any atom is -0.345 e. The van der Waals surface area contributed by atoms with Gasteiger partial charge in [0, 0.05) is 23.9 Å². The number of amides is 1. The van der Waals surface area contributed by atoms with E-state index in [9.17, 15) is 4.79 Å². The zero-order chi connectivity index (χ0) is 16.4. The van der Waals surface area contributed by atoms with Crippen molar-refractivity contribution in [1.82, 2.24) is 19.7 Å². The number of nitrogens with one attached hydrogen (secondary N) is 1. The monoisotopic (exact) mass is 372 g/mol. The van der Waals surface area contributed by atoms with Crippen molar-refractivity contribution in [3.63, 3.8) is 0 Å². The van der Waals surface area contributed by atoms with Gasteiger partial charge in [0.15, 0.2) is 0 Å². The lowest BCUT2D eigenvalue weighted by molar-refractivity contribution is 0.0940. The molecule has 2 heterocycles. The van der Waals surface area contributed by atoms with Crippen molar-refractivity contribution >= 4 is 21.8 Å². The van der Waals surface area contributed by atoms with Crippen LogP contribution in [0.5, 0.6) is 0 Å².